The lowest BCUT2D eigenvalue weighted by Crippen LogP contribution is -2.36. The number of benzene rings is 1. The van der Waals surface area contributed by atoms with Crippen LogP contribution in [0.2, 0.25) is 0 Å². The zero-order valence-electron chi connectivity index (χ0n) is 11.6. The summed E-state index contributed by atoms with van der Waals surface area (Å²) >= 11 is 1.16. The summed E-state index contributed by atoms with van der Waals surface area (Å²) in [7, 11) is 2.23. The van der Waals surface area contributed by atoms with E-state index in [2.05, 4.69) is 4.99 Å². The molecular formula is C14H6BF2N2O3S. The number of carbonyl (C=O) groups is 1. The molecule has 0 aliphatic rings. The van der Waals surface area contributed by atoms with Gasteiger partial charge in [-0.05, 0) is 6.07 Å². The van der Waals surface area contributed by atoms with Gasteiger partial charge in [0.05, 0.1) is 26.6 Å². The lowest BCUT2D eigenvalue weighted by molar-refractivity contribution is 0.220. The van der Waals surface area contributed by atoms with Crippen molar-refractivity contribution in [2.24, 2.45) is 4.99 Å². The van der Waals surface area contributed by atoms with Crippen molar-refractivity contribution < 1.29 is 18.7 Å². The molecule has 23 heavy (non-hydrogen) atoms. The van der Waals surface area contributed by atoms with Crippen LogP contribution in [0.25, 0.3) is 26.6 Å². The van der Waals surface area contributed by atoms with E-state index in [-0.39, 0.29) is 27.1 Å². The minimum Gasteiger partial charge on any atom is -0.489 e. The maximum absolute atomic E-state index is 14.3. The van der Waals surface area contributed by atoms with Crippen molar-refractivity contribution in [2.75, 3.05) is 7.05 Å². The van der Waals surface area contributed by atoms with Crippen molar-refractivity contribution in [3.8, 4) is 0 Å². The van der Waals surface area contributed by atoms with E-state index in [0.717, 1.165) is 24.7 Å². The molecule has 0 unspecified atom stereocenters. The van der Waals surface area contributed by atoms with E-state index in [1.807, 2.05) is 0 Å². The normalized spacial score (nSPS) is 12.9. The number of hydrogen-bond acceptors (Lipinski definition) is 4. The van der Waals surface area contributed by atoms with Gasteiger partial charge in [0.15, 0.2) is 17.1 Å². The van der Waals surface area contributed by atoms with E-state index >= 15 is 0 Å². The smallest absolute Gasteiger partial charge is 0.307 e. The maximum Gasteiger partial charge on any atom is 0.307 e. The topological polar surface area (TPSA) is 71.1 Å². The van der Waals surface area contributed by atoms with Crippen LogP contribution < -0.4 is 16.2 Å². The van der Waals surface area contributed by atoms with Gasteiger partial charge in [0, 0.05) is 23.3 Å². The molecule has 1 N–H and O–H groups in total. The number of carboxylic acid groups (broad SMARTS) is 1. The Hall–Kier alpha value is -2.55. The standard InChI is InChI=1S/C14H6BF2N2O3S/c1-18-10-6-3-23-13-8(15-14(21)22)12(20)4-2-5(16)9(17)7(10)11(4)19(6)13/h2-3H,1H3,(H,21,22). The van der Waals surface area contributed by atoms with Crippen LogP contribution in [0.3, 0.4) is 0 Å². The Balaban J connectivity index is 2.42. The maximum atomic E-state index is 14.3. The van der Waals surface area contributed by atoms with Crippen LogP contribution in [0.15, 0.2) is 21.2 Å². The second kappa shape index (κ2) is 4.48. The molecule has 0 spiro atoms. The van der Waals surface area contributed by atoms with Gasteiger partial charge < -0.3 is 5.11 Å². The SMILES string of the molecule is CN=c1c2c(F)c(F)cc3c(=O)c([B]C(=O)O)c4scc1n4c32. The Morgan fingerprint density at radius 2 is 2.17 bits per heavy atom. The summed E-state index contributed by atoms with van der Waals surface area (Å²) in [6.45, 7) is 0. The van der Waals surface area contributed by atoms with Crippen LogP contribution in [0.5, 0.6) is 0 Å². The number of rotatable bonds is 2. The van der Waals surface area contributed by atoms with Gasteiger partial charge in [0.1, 0.15) is 0 Å². The summed E-state index contributed by atoms with van der Waals surface area (Å²) < 4.78 is 29.8. The predicted octanol–water partition coefficient (Wildman–Crippen LogP) is 1.36. The molecule has 0 atom stereocenters. The first-order valence-electron chi connectivity index (χ1n) is 6.48. The fraction of sp³-hybridized carbons (Fsp3) is 0.0714. The molecule has 0 bridgehead atoms. The Bertz CT molecular complexity index is 1230. The summed E-state index contributed by atoms with van der Waals surface area (Å²) in [5.41, 5.74) is 0.0317. The molecule has 0 fully saturated rings. The zero-order valence-corrected chi connectivity index (χ0v) is 12.4. The highest BCUT2D eigenvalue weighted by Gasteiger charge is 2.26. The molecular weight excluding hydrogens is 325 g/mol. The van der Waals surface area contributed by atoms with Crippen LogP contribution in [0.1, 0.15) is 0 Å². The van der Waals surface area contributed by atoms with Crippen molar-refractivity contribution in [2.45, 2.75) is 0 Å². The number of hydrogen-bond donors (Lipinski definition) is 1. The van der Waals surface area contributed by atoms with Crippen molar-refractivity contribution in [1.82, 2.24) is 4.40 Å². The van der Waals surface area contributed by atoms with Gasteiger partial charge >= 0.3 is 7.28 Å². The van der Waals surface area contributed by atoms with Crippen LogP contribution in [0, 0.1) is 11.6 Å². The third-order valence-corrected chi connectivity index (χ3v) is 4.80. The lowest BCUT2D eigenvalue weighted by Gasteiger charge is -2.06. The largest absolute Gasteiger partial charge is 0.489 e. The minimum atomic E-state index is -1.29. The molecule has 3 heterocycles. The summed E-state index contributed by atoms with van der Waals surface area (Å²) in [4.78, 5) is 28.0. The summed E-state index contributed by atoms with van der Waals surface area (Å²) in [6, 6.07) is 0.808. The average molecular weight is 331 g/mol. The van der Waals surface area contributed by atoms with Crippen LogP contribution >= 0.6 is 11.3 Å². The number of thiazole rings is 1. The van der Waals surface area contributed by atoms with Gasteiger partial charge in [-0.3, -0.25) is 19.0 Å². The second-order valence-corrected chi connectivity index (χ2v) is 5.86. The molecule has 113 valence electrons. The number of nitrogens with zero attached hydrogens (tertiary/aromatic N) is 2. The van der Waals surface area contributed by atoms with Gasteiger partial charge in [0.25, 0.3) is 0 Å². The van der Waals surface area contributed by atoms with Crippen molar-refractivity contribution >= 4 is 56.6 Å². The van der Waals surface area contributed by atoms with Gasteiger partial charge in [-0.2, -0.15) is 0 Å². The van der Waals surface area contributed by atoms with E-state index in [1.54, 1.807) is 9.78 Å². The Morgan fingerprint density at radius 3 is 2.83 bits per heavy atom. The van der Waals surface area contributed by atoms with E-state index in [0.29, 0.717) is 10.3 Å². The molecule has 0 saturated carbocycles. The van der Waals surface area contributed by atoms with E-state index in [4.69, 9.17) is 5.11 Å². The molecule has 1 radical (unpaired) electrons. The van der Waals surface area contributed by atoms with Gasteiger partial charge in [-0.25, -0.2) is 8.78 Å². The van der Waals surface area contributed by atoms with Crippen molar-refractivity contribution in [3.63, 3.8) is 0 Å². The van der Waals surface area contributed by atoms with Crippen molar-refractivity contribution in [1.29, 1.82) is 0 Å². The van der Waals surface area contributed by atoms with Crippen LogP contribution in [-0.4, -0.2) is 29.7 Å². The zero-order chi connectivity index (χ0) is 16.5. The number of pyridine rings is 1. The fourth-order valence-electron chi connectivity index (χ4n) is 2.98. The van der Waals surface area contributed by atoms with Gasteiger partial charge in [-0.15, -0.1) is 11.3 Å². The summed E-state index contributed by atoms with van der Waals surface area (Å²) in [5.74, 6) is -3.52. The summed E-state index contributed by atoms with van der Waals surface area (Å²) in [6.07, 6.45) is 0. The molecule has 0 aliphatic heterocycles. The lowest BCUT2D eigenvalue weighted by atomic mass is 9.71. The molecule has 9 heteroatoms. The number of halogens is 2. The quantitative estimate of drug-likeness (QED) is 0.564. The monoisotopic (exact) mass is 331 g/mol. The van der Waals surface area contributed by atoms with E-state index in [1.165, 1.54) is 7.05 Å². The molecule has 0 amide bonds. The first kappa shape index (κ1) is 14.1. The average Bonchev–Trinajstić information content (AvgIpc) is 3.05. The molecule has 3 aromatic heterocycles. The molecule has 4 rings (SSSR count). The van der Waals surface area contributed by atoms with E-state index < -0.39 is 22.9 Å². The predicted molar refractivity (Wildman–Crippen MR) is 83.7 cm³/mol. The highest BCUT2D eigenvalue weighted by molar-refractivity contribution is 7.18. The molecule has 5 nitrogen and oxygen atoms in total. The van der Waals surface area contributed by atoms with Gasteiger partial charge in [0.2, 0.25) is 5.87 Å². The highest BCUT2D eigenvalue weighted by Crippen LogP contribution is 2.28. The second-order valence-electron chi connectivity index (χ2n) is 5.00. The van der Waals surface area contributed by atoms with E-state index in [9.17, 15) is 18.4 Å². The summed E-state index contributed by atoms with van der Waals surface area (Å²) in [5, 5.41) is 10.7. The highest BCUT2D eigenvalue weighted by atomic mass is 32.1. The molecule has 1 aromatic carbocycles. The first-order chi connectivity index (χ1) is 11.0. The third-order valence-electron chi connectivity index (χ3n) is 3.83. The number of aromatic nitrogens is 1. The third kappa shape index (κ3) is 1.62. The molecule has 0 saturated heterocycles. The van der Waals surface area contributed by atoms with Gasteiger partial charge in [-0.1, -0.05) is 0 Å². The Morgan fingerprint density at radius 1 is 1.43 bits per heavy atom. The fourth-order valence-corrected chi connectivity index (χ4v) is 3.99. The van der Waals surface area contributed by atoms with Crippen molar-refractivity contribution in [3.05, 3.63) is 38.7 Å². The van der Waals surface area contributed by atoms with Crippen LogP contribution in [-0.2, 0) is 0 Å². The Kier molecular flexibility index (Phi) is 2.74. The minimum absolute atomic E-state index is 0.0597. The first-order valence-corrected chi connectivity index (χ1v) is 7.36. The molecule has 0 aliphatic carbocycles. The van der Waals surface area contributed by atoms with Crippen LogP contribution in [0.4, 0.5) is 13.6 Å². The Labute approximate surface area is 131 Å². The molecule has 4 aromatic rings.